The first kappa shape index (κ1) is 25.2. The van der Waals surface area contributed by atoms with Crippen LogP contribution in [0, 0.1) is 0 Å². The average Bonchev–Trinajstić information content (AvgIpc) is 3.11. The number of nitrogens with zero attached hydrogens (tertiary/aromatic N) is 2. The van der Waals surface area contributed by atoms with Crippen LogP contribution in [0.15, 0.2) is 18.2 Å². The van der Waals surface area contributed by atoms with Gasteiger partial charge in [-0.15, -0.1) is 0 Å². The SMILES string of the molecule is CCNC(=O)c1c(NCCN)nc(NC2CCCCC2)n1Cc1ccc(OC(C)C)c(Cl)c1. The van der Waals surface area contributed by atoms with Crippen molar-refractivity contribution in [2.45, 2.75) is 71.6 Å². The molecule has 1 amide bonds. The zero-order valence-electron chi connectivity index (χ0n) is 19.9. The van der Waals surface area contributed by atoms with Gasteiger partial charge in [0.25, 0.3) is 5.91 Å². The molecule has 0 saturated heterocycles. The Morgan fingerprint density at radius 1 is 1.30 bits per heavy atom. The minimum atomic E-state index is -0.174. The van der Waals surface area contributed by atoms with E-state index in [0.29, 0.717) is 60.5 Å². The highest BCUT2D eigenvalue weighted by Crippen LogP contribution is 2.30. The number of nitrogens with one attached hydrogen (secondary N) is 3. The van der Waals surface area contributed by atoms with E-state index in [1.165, 1.54) is 19.3 Å². The van der Waals surface area contributed by atoms with Gasteiger partial charge in [0.15, 0.2) is 11.5 Å². The molecule has 0 aliphatic heterocycles. The minimum absolute atomic E-state index is 0.0359. The van der Waals surface area contributed by atoms with Crippen LogP contribution < -0.4 is 26.4 Å². The third kappa shape index (κ3) is 6.77. The fourth-order valence-corrected chi connectivity index (χ4v) is 4.36. The van der Waals surface area contributed by atoms with Gasteiger partial charge in [0.05, 0.1) is 17.7 Å². The van der Waals surface area contributed by atoms with Crippen LogP contribution in [0.5, 0.6) is 5.75 Å². The highest BCUT2D eigenvalue weighted by Gasteiger charge is 2.25. The van der Waals surface area contributed by atoms with Crippen LogP contribution in [0.3, 0.4) is 0 Å². The molecule has 0 spiro atoms. The molecule has 5 N–H and O–H groups in total. The summed E-state index contributed by atoms with van der Waals surface area (Å²) in [6, 6.07) is 6.08. The standard InChI is InChI=1S/C24H37ClN6O2/c1-4-27-23(32)21-22(28-13-12-26)30-24(29-18-8-6-5-7-9-18)31(21)15-17-10-11-20(19(25)14-17)33-16(2)3/h10-11,14,16,18,28H,4-9,12-13,15,26H2,1-3H3,(H,27,32)(H,29,30). The number of rotatable bonds is 11. The van der Waals surface area contributed by atoms with Crippen LogP contribution in [0.2, 0.25) is 5.02 Å². The first-order chi connectivity index (χ1) is 15.9. The van der Waals surface area contributed by atoms with E-state index < -0.39 is 0 Å². The first-order valence-corrected chi connectivity index (χ1v) is 12.3. The average molecular weight is 477 g/mol. The lowest BCUT2D eigenvalue weighted by Crippen LogP contribution is -2.29. The summed E-state index contributed by atoms with van der Waals surface area (Å²) in [6.45, 7) is 7.78. The van der Waals surface area contributed by atoms with Crippen LogP contribution in [0.1, 0.15) is 68.9 Å². The van der Waals surface area contributed by atoms with Crippen LogP contribution in [0.25, 0.3) is 0 Å². The Morgan fingerprint density at radius 3 is 2.70 bits per heavy atom. The molecule has 8 nitrogen and oxygen atoms in total. The van der Waals surface area contributed by atoms with E-state index in [0.717, 1.165) is 18.4 Å². The molecule has 0 atom stereocenters. The van der Waals surface area contributed by atoms with E-state index in [1.54, 1.807) is 0 Å². The third-order valence-electron chi connectivity index (χ3n) is 5.59. The van der Waals surface area contributed by atoms with Gasteiger partial charge in [-0.05, 0) is 51.3 Å². The van der Waals surface area contributed by atoms with Crippen LogP contribution in [-0.2, 0) is 6.54 Å². The second-order valence-electron chi connectivity index (χ2n) is 8.70. The van der Waals surface area contributed by atoms with Crippen molar-refractivity contribution in [3.63, 3.8) is 0 Å². The highest BCUT2D eigenvalue weighted by atomic mass is 35.5. The van der Waals surface area contributed by atoms with Gasteiger partial charge in [0, 0.05) is 25.7 Å². The summed E-state index contributed by atoms with van der Waals surface area (Å²) >= 11 is 6.49. The molecule has 182 valence electrons. The van der Waals surface area contributed by atoms with Gasteiger partial charge in [-0.1, -0.05) is 36.9 Å². The molecule has 0 unspecified atom stereocenters. The number of aromatic nitrogens is 2. The van der Waals surface area contributed by atoms with E-state index in [-0.39, 0.29) is 12.0 Å². The van der Waals surface area contributed by atoms with Crippen molar-refractivity contribution < 1.29 is 9.53 Å². The molecule has 9 heteroatoms. The summed E-state index contributed by atoms with van der Waals surface area (Å²) in [7, 11) is 0. The van der Waals surface area contributed by atoms with E-state index in [9.17, 15) is 4.79 Å². The number of nitrogens with two attached hydrogens (primary N) is 1. The molecule has 1 fully saturated rings. The molecule has 1 saturated carbocycles. The summed E-state index contributed by atoms with van der Waals surface area (Å²) in [4.78, 5) is 17.9. The second-order valence-corrected chi connectivity index (χ2v) is 9.11. The maximum atomic E-state index is 13.1. The number of ether oxygens (including phenoxy) is 1. The monoisotopic (exact) mass is 476 g/mol. The van der Waals surface area contributed by atoms with Crippen molar-refractivity contribution in [2.24, 2.45) is 5.73 Å². The van der Waals surface area contributed by atoms with E-state index in [1.807, 2.05) is 43.5 Å². The lowest BCUT2D eigenvalue weighted by molar-refractivity contribution is 0.0948. The molecule has 33 heavy (non-hydrogen) atoms. The quantitative estimate of drug-likeness (QED) is 0.386. The molecule has 3 rings (SSSR count). The molecule has 1 aliphatic carbocycles. The van der Waals surface area contributed by atoms with Crippen LogP contribution in [0.4, 0.5) is 11.8 Å². The second kappa shape index (κ2) is 12.1. The van der Waals surface area contributed by atoms with Gasteiger partial charge < -0.3 is 26.4 Å². The molecule has 1 heterocycles. The van der Waals surface area contributed by atoms with Gasteiger partial charge in [0.2, 0.25) is 5.95 Å². The normalized spacial score (nSPS) is 14.4. The molecule has 1 aromatic carbocycles. The number of amides is 1. The summed E-state index contributed by atoms with van der Waals surface area (Å²) in [6.07, 6.45) is 5.90. The van der Waals surface area contributed by atoms with E-state index in [4.69, 9.17) is 27.1 Å². The Labute approximate surface area is 201 Å². The molecular weight excluding hydrogens is 440 g/mol. The van der Waals surface area contributed by atoms with Crippen molar-refractivity contribution >= 4 is 29.3 Å². The van der Waals surface area contributed by atoms with Gasteiger partial charge in [-0.2, -0.15) is 4.98 Å². The summed E-state index contributed by atoms with van der Waals surface area (Å²) < 4.78 is 7.70. The fraction of sp³-hybridized carbons (Fsp3) is 0.583. The lowest BCUT2D eigenvalue weighted by Gasteiger charge is -2.24. The molecule has 2 aromatic rings. The third-order valence-corrected chi connectivity index (χ3v) is 5.89. The van der Waals surface area contributed by atoms with Crippen LogP contribution >= 0.6 is 11.6 Å². The number of hydrogen-bond donors (Lipinski definition) is 4. The van der Waals surface area contributed by atoms with Crippen molar-refractivity contribution in [3.8, 4) is 5.75 Å². The molecular formula is C24H37ClN6O2. The summed E-state index contributed by atoms with van der Waals surface area (Å²) in [5.74, 6) is 1.69. The maximum absolute atomic E-state index is 13.1. The van der Waals surface area contributed by atoms with Gasteiger partial charge in [-0.3, -0.25) is 9.36 Å². The largest absolute Gasteiger partial charge is 0.489 e. The minimum Gasteiger partial charge on any atom is -0.489 e. The van der Waals surface area contributed by atoms with Crippen molar-refractivity contribution in [2.75, 3.05) is 30.3 Å². The Hall–Kier alpha value is -2.45. The van der Waals surface area contributed by atoms with E-state index >= 15 is 0 Å². The predicted octanol–water partition coefficient (Wildman–Crippen LogP) is 4.24. The smallest absolute Gasteiger partial charge is 0.271 e. The molecule has 0 radical (unpaired) electrons. The number of halogens is 1. The van der Waals surface area contributed by atoms with Gasteiger partial charge in [-0.25, -0.2) is 0 Å². The topological polar surface area (TPSA) is 106 Å². The lowest BCUT2D eigenvalue weighted by atomic mass is 9.96. The Balaban J connectivity index is 1.98. The van der Waals surface area contributed by atoms with Crippen molar-refractivity contribution in [3.05, 3.63) is 34.5 Å². The van der Waals surface area contributed by atoms with Crippen LogP contribution in [-0.4, -0.2) is 47.2 Å². The van der Waals surface area contributed by atoms with Gasteiger partial charge in [0.1, 0.15) is 5.75 Å². The number of carbonyl (C=O) groups excluding carboxylic acids is 1. The number of benzene rings is 1. The Bertz CT molecular complexity index is 924. The number of anilines is 2. The highest BCUT2D eigenvalue weighted by molar-refractivity contribution is 6.32. The molecule has 0 bridgehead atoms. The predicted molar refractivity (Wildman–Crippen MR) is 135 cm³/mol. The van der Waals surface area contributed by atoms with Crippen molar-refractivity contribution in [1.29, 1.82) is 0 Å². The zero-order chi connectivity index (χ0) is 23.8. The number of imidazole rings is 1. The Kier molecular flexibility index (Phi) is 9.26. The summed E-state index contributed by atoms with van der Waals surface area (Å²) in [5.41, 5.74) is 7.15. The maximum Gasteiger partial charge on any atom is 0.271 e. The molecule has 1 aliphatic rings. The number of carbonyl (C=O) groups is 1. The fourth-order valence-electron chi connectivity index (χ4n) is 4.11. The summed E-state index contributed by atoms with van der Waals surface area (Å²) in [5, 5.41) is 10.3. The first-order valence-electron chi connectivity index (χ1n) is 12.0. The Morgan fingerprint density at radius 2 is 2.06 bits per heavy atom. The van der Waals surface area contributed by atoms with Gasteiger partial charge >= 0.3 is 0 Å². The number of hydrogen-bond acceptors (Lipinski definition) is 6. The van der Waals surface area contributed by atoms with E-state index in [2.05, 4.69) is 16.0 Å². The van der Waals surface area contributed by atoms with Crippen molar-refractivity contribution in [1.82, 2.24) is 14.9 Å². The zero-order valence-corrected chi connectivity index (χ0v) is 20.7. The molecule has 1 aromatic heterocycles.